The number of halogens is 24. The molecule has 75 heavy (non-hydrogen) atoms. The first kappa shape index (κ1) is 59.0. The Morgan fingerprint density at radius 3 is 0.840 bits per heavy atom. The molecule has 0 saturated carbocycles. The van der Waals surface area contributed by atoms with Crippen LogP contribution in [0.15, 0.2) is 128 Å². The zero-order valence-electron chi connectivity index (χ0n) is 37.0. The third kappa shape index (κ3) is 14.1. The van der Waals surface area contributed by atoms with Crippen LogP contribution in [0.2, 0.25) is 0 Å². The van der Waals surface area contributed by atoms with Gasteiger partial charge in [-0.15, -0.1) is 0 Å². The second-order valence-corrected chi connectivity index (χ2v) is 16.2. The molecular formula is C47H28BF24NO2. The van der Waals surface area contributed by atoms with Crippen LogP contribution in [-0.4, -0.2) is 18.7 Å². The van der Waals surface area contributed by atoms with Crippen LogP contribution in [0.1, 0.15) is 67.4 Å². The number of benzene rings is 5. The van der Waals surface area contributed by atoms with Crippen molar-refractivity contribution in [3.8, 4) is 0 Å². The fraction of sp³-hybridized carbons (Fsp3) is 0.234. The molecular weight excluding hydrogens is 1080 g/mol. The predicted molar refractivity (Wildman–Crippen MR) is 218 cm³/mol. The average Bonchev–Trinajstić information content (AvgIpc) is 3.27. The van der Waals surface area contributed by atoms with Gasteiger partial charge >= 0.3 is 55.4 Å². The first-order chi connectivity index (χ1) is 34.1. The number of hydrogen-bond acceptors (Lipinski definition) is 2. The lowest BCUT2D eigenvalue weighted by Crippen LogP contribution is -2.75. The maximum absolute atomic E-state index is 14.2. The minimum atomic E-state index is -6.13. The van der Waals surface area contributed by atoms with Crippen LogP contribution >= 0.6 is 0 Å². The standard InChI is InChI=1S/C32H12BF24.C15H16NO2/c34-25(35,36)13-1-14(26(37,38)39)6-21(5-13)33(22-7-15(27(40,41)42)2-16(8-22)28(43,44)45,23-9-17(29(46,47)48)3-18(10-23)30(49,50)51)24-11-19(31(52,53)54)4-20(12-24)32(55,56)57;1-2-18-15(17)14-8-6-13(7-9-14)12-16-10-4-3-5-11-16/h1-12H;3-11H,2,12H2,1H3/q-1;+1. The average molecular weight is 1110 g/mol. The van der Waals surface area contributed by atoms with E-state index >= 15 is 0 Å². The van der Waals surface area contributed by atoms with Crippen LogP contribution in [0.5, 0.6) is 0 Å². The molecule has 0 saturated heterocycles. The molecule has 0 N–H and O–H groups in total. The minimum absolute atomic E-state index is 0.267. The number of carbonyl (C=O) groups is 1. The summed E-state index contributed by atoms with van der Waals surface area (Å²) in [5.74, 6) is -0.267. The number of esters is 1. The Balaban J connectivity index is 0.000000483. The lowest BCUT2D eigenvalue weighted by atomic mass is 9.12. The van der Waals surface area contributed by atoms with Gasteiger partial charge in [-0.3, -0.25) is 0 Å². The molecule has 0 radical (unpaired) electrons. The molecule has 6 aromatic rings. The van der Waals surface area contributed by atoms with Gasteiger partial charge in [0.15, 0.2) is 18.9 Å². The van der Waals surface area contributed by atoms with Crippen molar-refractivity contribution in [1.82, 2.24) is 0 Å². The number of rotatable bonds is 8. The second-order valence-electron chi connectivity index (χ2n) is 16.2. The lowest BCUT2D eigenvalue weighted by molar-refractivity contribution is -0.688. The first-order valence-corrected chi connectivity index (χ1v) is 20.6. The van der Waals surface area contributed by atoms with Gasteiger partial charge in [-0.2, -0.15) is 127 Å². The highest BCUT2D eigenvalue weighted by Crippen LogP contribution is 2.41. The highest BCUT2D eigenvalue weighted by atomic mass is 19.4. The lowest BCUT2D eigenvalue weighted by Gasteiger charge is -2.46. The molecule has 0 aliphatic carbocycles. The number of nitrogens with zero attached hydrogens (tertiary/aromatic N) is 1. The van der Waals surface area contributed by atoms with Gasteiger partial charge in [0, 0.05) is 17.7 Å². The SMILES string of the molecule is CCOC(=O)c1ccc(C[n+]2ccccc2)cc1.FC(F)(F)c1cc([B-](c2cc(C(F)(F)F)cc(C(F)(F)F)c2)(c2cc(C(F)(F)F)cc(C(F)(F)F)c2)c2cc(C(F)(F)F)cc(C(F)(F)F)c2)cc(C(F)(F)F)c1. The van der Waals surface area contributed by atoms with Crippen molar-refractivity contribution in [3.05, 3.63) is 183 Å². The largest absolute Gasteiger partial charge is 0.462 e. The number of hydrogen-bond donors (Lipinski definition) is 0. The van der Waals surface area contributed by atoms with E-state index in [1.165, 1.54) is 0 Å². The molecule has 0 atom stereocenters. The van der Waals surface area contributed by atoms with E-state index in [9.17, 15) is 110 Å². The van der Waals surface area contributed by atoms with Crippen molar-refractivity contribution in [3.63, 3.8) is 0 Å². The zero-order valence-corrected chi connectivity index (χ0v) is 37.0. The van der Waals surface area contributed by atoms with E-state index in [-0.39, 0.29) is 5.97 Å². The van der Waals surface area contributed by atoms with E-state index in [0.717, 1.165) is 12.1 Å². The summed E-state index contributed by atoms with van der Waals surface area (Å²) in [6.45, 7) is 3.00. The molecule has 5 aromatic carbocycles. The van der Waals surface area contributed by atoms with Gasteiger partial charge in [-0.25, -0.2) is 9.36 Å². The molecule has 0 aliphatic heterocycles. The molecule has 404 valence electrons. The summed E-state index contributed by atoms with van der Waals surface area (Å²) in [7, 11) is 0. The molecule has 0 amide bonds. The molecule has 0 fully saturated rings. The van der Waals surface area contributed by atoms with Gasteiger partial charge in [0.05, 0.1) is 56.7 Å². The van der Waals surface area contributed by atoms with Crippen molar-refractivity contribution in [2.24, 2.45) is 0 Å². The fourth-order valence-electron chi connectivity index (χ4n) is 7.78. The Morgan fingerprint density at radius 1 is 0.387 bits per heavy atom. The summed E-state index contributed by atoms with van der Waals surface area (Å²) in [4.78, 5) is 11.5. The van der Waals surface area contributed by atoms with Gasteiger partial charge in [0.2, 0.25) is 0 Å². The van der Waals surface area contributed by atoms with Crippen LogP contribution in [0.4, 0.5) is 105 Å². The minimum Gasteiger partial charge on any atom is -0.462 e. The first-order valence-electron chi connectivity index (χ1n) is 20.6. The van der Waals surface area contributed by atoms with Crippen molar-refractivity contribution in [2.75, 3.05) is 6.61 Å². The van der Waals surface area contributed by atoms with Crippen molar-refractivity contribution < 1.29 is 119 Å². The zero-order chi connectivity index (χ0) is 56.7. The molecule has 3 nitrogen and oxygen atoms in total. The molecule has 6 rings (SSSR count). The number of carbonyl (C=O) groups excluding carboxylic acids is 1. The normalized spacial score (nSPS) is 13.3. The maximum atomic E-state index is 14.2. The van der Waals surface area contributed by atoms with Crippen molar-refractivity contribution >= 4 is 34.0 Å². The third-order valence-corrected chi connectivity index (χ3v) is 11.0. The Labute approximate surface area is 405 Å². The van der Waals surface area contributed by atoms with Gasteiger partial charge in [0.25, 0.3) is 0 Å². The molecule has 1 heterocycles. The Hall–Kier alpha value is -6.90. The van der Waals surface area contributed by atoms with Crippen molar-refractivity contribution in [1.29, 1.82) is 0 Å². The quantitative estimate of drug-likeness (QED) is 0.0658. The van der Waals surface area contributed by atoms with Gasteiger partial charge in [-0.1, -0.05) is 66.7 Å². The summed E-state index contributed by atoms with van der Waals surface area (Å²) in [6.07, 6.45) is -50.8. The van der Waals surface area contributed by atoms with Crippen LogP contribution in [0.3, 0.4) is 0 Å². The summed E-state index contributed by atoms with van der Waals surface area (Å²) in [5.41, 5.74) is -28.5. The highest BCUT2D eigenvalue weighted by molar-refractivity contribution is 7.20. The predicted octanol–water partition coefficient (Wildman–Crippen LogP) is 13.4. The fourth-order valence-corrected chi connectivity index (χ4v) is 7.78. The van der Waals surface area contributed by atoms with E-state index in [2.05, 4.69) is 4.57 Å². The Morgan fingerprint density at radius 2 is 0.627 bits per heavy atom. The molecule has 0 unspecified atom stereocenters. The van der Waals surface area contributed by atoms with Crippen LogP contribution < -0.4 is 26.4 Å². The third-order valence-electron chi connectivity index (χ3n) is 11.0. The topological polar surface area (TPSA) is 30.2 Å². The summed E-state index contributed by atoms with van der Waals surface area (Å²) < 4.78 is 348. The summed E-state index contributed by atoms with van der Waals surface area (Å²) in [6, 6.07) is 4.67. The second kappa shape index (κ2) is 20.7. The Kier molecular flexibility index (Phi) is 16.3. The van der Waals surface area contributed by atoms with E-state index in [0.29, 0.717) is 12.2 Å². The molecule has 0 spiro atoms. The molecule has 0 bridgehead atoms. The van der Waals surface area contributed by atoms with E-state index in [4.69, 9.17) is 4.74 Å². The highest BCUT2D eigenvalue weighted by Gasteiger charge is 2.47. The number of alkyl halides is 24. The van der Waals surface area contributed by atoms with E-state index in [1.807, 2.05) is 42.7 Å². The van der Waals surface area contributed by atoms with Gasteiger partial charge in [0.1, 0.15) is 6.15 Å². The van der Waals surface area contributed by atoms with E-state index < -0.39 is 195 Å². The maximum Gasteiger partial charge on any atom is 0.416 e. The van der Waals surface area contributed by atoms with E-state index in [1.54, 1.807) is 19.1 Å². The van der Waals surface area contributed by atoms with Crippen LogP contribution in [-0.2, 0) is 60.7 Å². The van der Waals surface area contributed by atoms with Gasteiger partial charge < -0.3 is 4.74 Å². The van der Waals surface area contributed by atoms with Crippen molar-refractivity contribution in [2.45, 2.75) is 62.9 Å². The molecule has 1 aromatic heterocycles. The Bertz CT molecular complexity index is 2550. The molecule has 0 aliphatic rings. The number of pyridine rings is 1. The monoisotopic (exact) mass is 1110 g/mol. The number of ether oxygens (including phenoxy) is 1. The summed E-state index contributed by atoms with van der Waals surface area (Å²) >= 11 is 0. The molecule has 28 heteroatoms. The smallest absolute Gasteiger partial charge is 0.416 e. The van der Waals surface area contributed by atoms with Crippen LogP contribution in [0.25, 0.3) is 0 Å². The summed E-state index contributed by atoms with van der Waals surface area (Å²) in [5, 5.41) is 0. The van der Waals surface area contributed by atoms with Gasteiger partial charge in [-0.05, 0) is 43.3 Å². The number of aromatic nitrogens is 1. The van der Waals surface area contributed by atoms with Crippen LogP contribution in [0, 0.1) is 0 Å².